The zero-order chi connectivity index (χ0) is 30.2. The van der Waals surface area contributed by atoms with Crippen LogP contribution in [0.25, 0.3) is 5.76 Å². The molecule has 1 N–H and O–H groups in total. The molecule has 1 heterocycles. The average molecular weight is 578 g/mol. The molecule has 1 unspecified atom stereocenters. The Morgan fingerprint density at radius 3 is 2.09 bits per heavy atom. The molecule has 7 nitrogen and oxygen atoms in total. The third kappa shape index (κ3) is 6.72. The van der Waals surface area contributed by atoms with Crippen molar-refractivity contribution in [3.05, 3.63) is 131 Å². The minimum atomic E-state index is -0.849. The maximum absolute atomic E-state index is 13.6. The summed E-state index contributed by atoms with van der Waals surface area (Å²) in [5.74, 6) is 0.0128. The first-order chi connectivity index (χ1) is 21.0. The van der Waals surface area contributed by atoms with Crippen molar-refractivity contribution >= 4 is 17.4 Å². The van der Waals surface area contributed by atoms with Crippen LogP contribution in [0.1, 0.15) is 48.6 Å². The second kappa shape index (κ2) is 13.7. The highest BCUT2D eigenvalue weighted by molar-refractivity contribution is 6.46. The monoisotopic (exact) mass is 577 g/mol. The Bertz CT molecular complexity index is 1580. The van der Waals surface area contributed by atoms with E-state index in [2.05, 4.69) is 0 Å². The van der Waals surface area contributed by atoms with E-state index in [9.17, 15) is 14.7 Å². The number of benzene rings is 4. The minimum absolute atomic E-state index is 0.0172. The summed E-state index contributed by atoms with van der Waals surface area (Å²) in [7, 11) is 0. The Morgan fingerprint density at radius 1 is 0.767 bits per heavy atom. The van der Waals surface area contributed by atoms with E-state index >= 15 is 0 Å². The van der Waals surface area contributed by atoms with Crippen molar-refractivity contribution in [1.29, 1.82) is 0 Å². The van der Waals surface area contributed by atoms with Gasteiger partial charge in [0.1, 0.15) is 18.1 Å². The summed E-state index contributed by atoms with van der Waals surface area (Å²) < 4.78 is 17.7. The number of nitrogens with zero attached hydrogens (tertiary/aromatic N) is 1. The fraction of sp³-hybridized carbons (Fsp3) is 0.222. The zero-order valence-corrected chi connectivity index (χ0v) is 24.4. The molecule has 7 heteroatoms. The van der Waals surface area contributed by atoms with E-state index in [4.69, 9.17) is 14.2 Å². The molecule has 220 valence electrons. The van der Waals surface area contributed by atoms with Gasteiger partial charge >= 0.3 is 0 Å². The third-order valence-corrected chi connectivity index (χ3v) is 7.16. The van der Waals surface area contributed by atoms with E-state index in [1.807, 2.05) is 80.6 Å². The van der Waals surface area contributed by atoms with Gasteiger partial charge in [0.25, 0.3) is 11.7 Å². The number of ether oxygens (including phenoxy) is 3. The van der Waals surface area contributed by atoms with E-state index in [0.717, 1.165) is 17.5 Å². The van der Waals surface area contributed by atoms with Crippen LogP contribution in [-0.4, -0.2) is 34.9 Å². The van der Waals surface area contributed by atoms with Gasteiger partial charge < -0.3 is 24.2 Å². The molecule has 1 fully saturated rings. The summed E-state index contributed by atoms with van der Waals surface area (Å²) in [6, 6.07) is 30.7. The van der Waals surface area contributed by atoms with Gasteiger partial charge in [0.15, 0.2) is 11.5 Å². The van der Waals surface area contributed by atoms with E-state index < -0.39 is 17.7 Å². The molecule has 0 radical (unpaired) electrons. The number of likely N-dealkylation sites (tertiary alicyclic amines) is 1. The number of aliphatic hydroxyl groups excluding tert-OH is 1. The number of rotatable bonds is 12. The number of carbonyl (C=O) groups excluding carboxylic acids is 2. The highest BCUT2D eigenvalue weighted by atomic mass is 16.5. The van der Waals surface area contributed by atoms with Gasteiger partial charge in [-0.1, -0.05) is 73.7 Å². The van der Waals surface area contributed by atoms with Crippen molar-refractivity contribution in [2.45, 2.75) is 39.5 Å². The van der Waals surface area contributed by atoms with Gasteiger partial charge in [-0.3, -0.25) is 9.59 Å². The SMILES string of the molecule is CCCOc1ccc(/C(O)=C2\C(=O)C(=O)N(Cc3ccccc3)C2c2ccc(OCc3ccccc3)c(OCC)c2)cc1. The first-order valence-corrected chi connectivity index (χ1v) is 14.5. The van der Waals surface area contributed by atoms with Crippen molar-refractivity contribution < 1.29 is 28.9 Å². The summed E-state index contributed by atoms with van der Waals surface area (Å²) in [5, 5.41) is 11.5. The van der Waals surface area contributed by atoms with Gasteiger partial charge in [0.05, 0.1) is 24.8 Å². The standard InChI is InChI=1S/C36H35NO6/c1-3-21-42-29-18-15-27(16-19-29)34(38)32-33(37(36(40)35(32)39)23-25-11-7-5-8-12-25)28-17-20-30(31(22-28)41-4-2)43-24-26-13-9-6-10-14-26/h5-20,22,33,38H,3-4,21,23-24H2,1-2H3/b34-32+. The van der Waals surface area contributed by atoms with Crippen LogP contribution >= 0.6 is 0 Å². The summed E-state index contributed by atoms with van der Waals surface area (Å²) in [4.78, 5) is 28.6. The molecule has 0 aliphatic carbocycles. The van der Waals surface area contributed by atoms with Crippen LogP contribution in [0.3, 0.4) is 0 Å². The van der Waals surface area contributed by atoms with Crippen molar-refractivity contribution in [3.8, 4) is 17.2 Å². The lowest BCUT2D eigenvalue weighted by molar-refractivity contribution is -0.140. The first-order valence-electron chi connectivity index (χ1n) is 14.5. The summed E-state index contributed by atoms with van der Waals surface area (Å²) in [6.45, 7) is 5.40. The molecule has 0 spiro atoms. The zero-order valence-electron chi connectivity index (χ0n) is 24.4. The summed E-state index contributed by atoms with van der Waals surface area (Å²) >= 11 is 0. The molecule has 1 atom stereocenters. The predicted molar refractivity (Wildman–Crippen MR) is 165 cm³/mol. The Balaban J connectivity index is 1.56. The lowest BCUT2D eigenvalue weighted by Gasteiger charge is -2.26. The molecule has 1 aliphatic heterocycles. The minimum Gasteiger partial charge on any atom is -0.507 e. The highest BCUT2D eigenvalue weighted by Gasteiger charge is 2.46. The van der Waals surface area contributed by atoms with Crippen LogP contribution < -0.4 is 14.2 Å². The van der Waals surface area contributed by atoms with Crippen molar-refractivity contribution in [1.82, 2.24) is 4.90 Å². The number of hydrogen-bond acceptors (Lipinski definition) is 6. The van der Waals surface area contributed by atoms with Crippen LogP contribution in [-0.2, 0) is 22.7 Å². The van der Waals surface area contributed by atoms with Crippen LogP contribution in [0.4, 0.5) is 0 Å². The van der Waals surface area contributed by atoms with Crippen LogP contribution in [0.15, 0.2) is 109 Å². The lowest BCUT2D eigenvalue weighted by atomic mass is 9.94. The summed E-state index contributed by atoms with van der Waals surface area (Å²) in [6.07, 6.45) is 0.867. The van der Waals surface area contributed by atoms with Crippen molar-refractivity contribution in [3.63, 3.8) is 0 Å². The quantitative estimate of drug-likeness (QED) is 0.110. The molecular formula is C36H35NO6. The predicted octanol–water partition coefficient (Wildman–Crippen LogP) is 7.08. The van der Waals surface area contributed by atoms with Crippen molar-refractivity contribution in [2.75, 3.05) is 13.2 Å². The van der Waals surface area contributed by atoms with Gasteiger partial charge in [-0.2, -0.15) is 0 Å². The van der Waals surface area contributed by atoms with Gasteiger partial charge in [-0.15, -0.1) is 0 Å². The van der Waals surface area contributed by atoms with E-state index in [1.165, 1.54) is 4.90 Å². The van der Waals surface area contributed by atoms with E-state index in [-0.39, 0.29) is 17.9 Å². The topological polar surface area (TPSA) is 85.3 Å². The maximum Gasteiger partial charge on any atom is 0.295 e. The van der Waals surface area contributed by atoms with Crippen molar-refractivity contribution in [2.24, 2.45) is 0 Å². The molecule has 4 aromatic rings. The second-order valence-corrected chi connectivity index (χ2v) is 10.2. The average Bonchev–Trinajstić information content (AvgIpc) is 3.29. The van der Waals surface area contributed by atoms with Gasteiger partial charge in [-0.05, 0) is 66.4 Å². The molecule has 43 heavy (non-hydrogen) atoms. The fourth-order valence-corrected chi connectivity index (χ4v) is 5.07. The lowest BCUT2D eigenvalue weighted by Crippen LogP contribution is -2.29. The highest BCUT2D eigenvalue weighted by Crippen LogP contribution is 2.43. The first kappa shape index (κ1) is 29.5. The molecular weight excluding hydrogens is 542 g/mol. The van der Waals surface area contributed by atoms with Crippen LogP contribution in [0.2, 0.25) is 0 Å². The molecule has 0 bridgehead atoms. The molecule has 5 rings (SSSR count). The van der Waals surface area contributed by atoms with Crippen LogP contribution in [0.5, 0.6) is 17.2 Å². The third-order valence-electron chi connectivity index (χ3n) is 7.16. The van der Waals surface area contributed by atoms with Gasteiger partial charge in [-0.25, -0.2) is 0 Å². The van der Waals surface area contributed by atoms with Crippen LogP contribution in [0, 0.1) is 0 Å². The Hall–Kier alpha value is -5.04. The molecule has 1 aliphatic rings. The molecule has 1 amide bonds. The van der Waals surface area contributed by atoms with E-state index in [0.29, 0.717) is 48.2 Å². The normalized spacial score (nSPS) is 15.9. The number of amides is 1. The van der Waals surface area contributed by atoms with E-state index in [1.54, 1.807) is 36.4 Å². The second-order valence-electron chi connectivity index (χ2n) is 10.2. The Kier molecular flexibility index (Phi) is 9.42. The van der Waals surface area contributed by atoms with Gasteiger partial charge in [0, 0.05) is 12.1 Å². The smallest absolute Gasteiger partial charge is 0.295 e. The molecule has 0 saturated carbocycles. The number of aliphatic hydroxyl groups is 1. The Labute approximate surface area is 252 Å². The number of Topliss-reactive ketones (excluding diaryl/α,β-unsaturated/α-hetero) is 1. The number of carbonyl (C=O) groups is 2. The molecule has 4 aromatic carbocycles. The largest absolute Gasteiger partial charge is 0.507 e. The summed E-state index contributed by atoms with van der Waals surface area (Å²) in [5.41, 5.74) is 2.93. The number of hydrogen-bond donors (Lipinski definition) is 1. The fourth-order valence-electron chi connectivity index (χ4n) is 5.07. The molecule has 1 saturated heterocycles. The molecule has 0 aromatic heterocycles. The van der Waals surface area contributed by atoms with Gasteiger partial charge in [0.2, 0.25) is 0 Å². The number of ketones is 1. The Morgan fingerprint density at radius 2 is 1.44 bits per heavy atom. The maximum atomic E-state index is 13.6.